The molecule has 4 heteroatoms. The highest BCUT2D eigenvalue weighted by molar-refractivity contribution is 5.28. The Kier molecular flexibility index (Phi) is 5.16. The van der Waals surface area contributed by atoms with E-state index in [-0.39, 0.29) is 5.82 Å². The molecule has 1 aromatic carbocycles. The zero-order chi connectivity index (χ0) is 13.7. The van der Waals surface area contributed by atoms with Crippen molar-refractivity contribution in [3.63, 3.8) is 0 Å². The van der Waals surface area contributed by atoms with Crippen LogP contribution in [0.25, 0.3) is 0 Å². The quantitative estimate of drug-likeness (QED) is 0.885. The maximum absolute atomic E-state index is 13.7. The van der Waals surface area contributed by atoms with Crippen molar-refractivity contribution in [2.45, 2.75) is 19.4 Å². The predicted octanol–water partition coefficient (Wildman–Crippen LogP) is 2.27. The Morgan fingerprint density at radius 1 is 1.47 bits per heavy atom. The number of hydrogen-bond acceptors (Lipinski definition) is 3. The van der Waals surface area contributed by atoms with Gasteiger partial charge in [0.2, 0.25) is 0 Å². The summed E-state index contributed by atoms with van der Waals surface area (Å²) >= 11 is 0. The van der Waals surface area contributed by atoms with Gasteiger partial charge >= 0.3 is 0 Å². The first-order valence-electron chi connectivity index (χ1n) is 6.90. The van der Waals surface area contributed by atoms with Crippen LogP contribution in [0.15, 0.2) is 18.2 Å². The molecule has 1 atom stereocenters. The van der Waals surface area contributed by atoms with E-state index in [0.717, 1.165) is 13.1 Å². The van der Waals surface area contributed by atoms with Crippen LogP contribution in [0, 0.1) is 11.7 Å². The third kappa shape index (κ3) is 4.18. The van der Waals surface area contributed by atoms with Gasteiger partial charge in [0.15, 0.2) is 0 Å². The van der Waals surface area contributed by atoms with Gasteiger partial charge in [-0.25, -0.2) is 4.39 Å². The molecule has 1 unspecified atom stereocenters. The van der Waals surface area contributed by atoms with Crippen LogP contribution in [0.4, 0.5) is 4.39 Å². The molecular formula is C15H23FN2O. The van der Waals surface area contributed by atoms with Gasteiger partial charge in [0.25, 0.3) is 0 Å². The van der Waals surface area contributed by atoms with Crippen molar-refractivity contribution in [2.75, 3.05) is 33.8 Å². The van der Waals surface area contributed by atoms with Crippen LogP contribution in [0.2, 0.25) is 0 Å². The number of likely N-dealkylation sites (tertiary alicyclic amines) is 1. The Morgan fingerprint density at radius 2 is 2.32 bits per heavy atom. The second kappa shape index (κ2) is 6.87. The van der Waals surface area contributed by atoms with Gasteiger partial charge < -0.3 is 15.0 Å². The van der Waals surface area contributed by atoms with Crippen LogP contribution in [0.3, 0.4) is 0 Å². The first-order valence-corrected chi connectivity index (χ1v) is 6.90. The maximum Gasteiger partial charge on any atom is 0.131 e. The summed E-state index contributed by atoms with van der Waals surface area (Å²) < 4.78 is 18.7. The van der Waals surface area contributed by atoms with Crippen molar-refractivity contribution in [3.05, 3.63) is 29.6 Å². The van der Waals surface area contributed by atoms with Crippen LogP contribution in [-0.4, -0.2) is 38.7 Å². The number of rotatable bonds is 5. The molecule has 2 rings (SSSR count). The summed E-state index contributed by atoms with van der Waals surface area (Å²) in [4.78, 5) is 2.36. The SMILES string of the molecule is COc1ccc(CNCC2CCCN(C)C2)c(F)c1. The number of hydrogen-bond donors (Lipinski definition) is 1. The second-order valence-corrected chi connectivity index (χ2v) is 5.36. The van der Waals surface area contributed by atoms with E-state index in [1.165, 1.54) is 25.5 Å². The Labute approximate surface area is 114 Å². The summed E-state index contributed by atoms with van der Waals surface area (Å²) in [5, 5.41) is 3.36. The van der Waals surface area contributed by atoms with Crippen molar-refractivity contribution in [1.29, 1.82) is 0 Å². The molecule has 0 bridgehead atoms. The average Bonchev–Trinajstić information content (AvgIpc) is 2.40. The van der Waals surface area contributed by atoms with E-state index >= 15 is 0 Å². The molecule has 1 aromatic rings. The molecule has 0 radical (unpaired) electrons. The molecule has 1 fully saturated rings. The fourth-order valence-electron chi connectivity index (χ4n) is 2.65. The molecule has 1 saturated heterocycles. The smallest absolute Gasteiger partial charge is 0.131 e. The third-order valence-corrected chi connectivity index (χ3v) is 3.73. The lowest BCUT2D eigenvalue weighted by atomic mass is 9.98. The topological polar surface area (TPSA) is 24.5 Å². The lowest BCUT2D eigenvalue weighted by Crippen LogP contribution is -2.37. The standard InChI is InChI=1S/C15H23FN2O/c1-18-7-3-4-12(11-18)9-17-10-13-5-6-14(19-2)8-15(13)16/h5-6,8,12,17H,3-4,7,9-11H2,1-2H3. The van der Waals surface area contributed by atoms with Crippen LogP contribution in [0.5, 0.6) is 5.75 Å². The highest BCUT2D eigenvalue weighted by atomic mass is 19.1. The van der Waals surface area contributed by atoms with Crippen molar-refractivity contribution in [3.8, 4) is 5.75 Å². The van der Waals surface area contributed by atoms with Crippen LogP contribution in [-0.2, 0) is 6.54 Å². The molecule has 0 aromatic heterocycles. The van der Waals surface area contributed by atoms with Gasteiger partial charge in [-0.2, -0.15) is 0 Å². The minimum atomic E-state index is -0.201. The van der Waals surface area contributed by atoms with Gasteiger partial charge in [-0.3, -0.25) is 0 Å². The monoisotopic (exact) mass is 266 g/mol. The van der Waals surface area contributed by atoms with E-state index in [4.69, 9.17) is 4.74 Å². The highest BCUT2D eigenvalue weighted by Gasteiger charge is 2.16. The number of ether oxygens (including phenoxy) is 1. The molecule has 0 aliphatic carbocycles. The summed E-state index contributed by atoms with van der Waals surface area (Å²) in [6.07, 6.45) is 2.53. The van der Waals surface area contributed by atoms with E-state index < -0.39 is 0 Å². The molecular weight excluding hydrogens is 243 g/mol. The Balaban J connectivity index is 1.79. The molecule has 1 heterocycles. The highest BCUT2D eigenvalue weighted by Crippen LogP contribution is 2.17. The lowest BCUT2D eigenvalue weighted by Gasteiger charge is -2.29. The van der Waals surface area contributed by atoms with Crippen LogP contribution < -0.4 is 10.1 Å². The van der Waals surface area contributed by atoms with Crippen molar-refractivity contribution < 1.29 is 9.13 Å². The van der Waals surface area contributed by atoms with Gasteiger partial charge in [0.1, 0.15) is 11.6 Å². The van der Waals surface area contributed by atoms with Crippen molar-refractivity contribution in [1.82, 2.24) is 10.2 Å². The van der Waals surface area contributed by atoms with Crippen LogP contribution in [0.1, 0.15) is 18.4 Å². The van der Waals surface area contributed by atoms with Gasteiger partial charge in [0, 0.05) is 24.7 Å². The number of halogens is 1. The summed E-state index contributed by atoms with van der Waals surface area (Å²) in [6.45, 7) is 3.87. The first-order chi connectivity index (χ1) is 9.19. The molecule has 3 nitrogen and oxygen atoms in total. The van der Waals surface area contributed by atoms with Gasteiger partial charge in [0.05, 0.1) is 7.11 Å². The number of benzene rings is 1. The van der Waals surface area contributed by atoms with Gasteiger partial charge in [-0.15, -0.1) is 0 Å². The molecule has 19 heavy (non-hydrogen) atoms. The molecule has 0 saturated carbocycles. The van der Waals surface area contributed by atoms with E-state index in [0.29, 0.717) is 23.8 Å². The van der Waals surface area contributed by atoms with Gasteiger partial charge in [-0.1, -0.05) is 6.07 Å². The minimum absolute atomic E-state index is 0.201. The lowest BCUT2D eigenvalue weighted by molar-refractivity contribution is 0.206. The minimum Gasteiger partial charge on any atom is -0.497 e. The predicted molar refractivity (Wildman–Crippen MR) is 74.9 cm³/mol. The zero-order valence-corrected chi connectivity index (χ0v) is 11.8. The maximum atomic E-state index is 13.7. The summed E-state index contributed by atoms with van der Waals surface area (Å²) in [6, 6.07) is 5.02. The normalized spacial score (nSPS) is 20.5. The molecule has 0 spiro atoms. The molecule has 1 N–H and O–H groups in total. The zero-order valence-electron chi connectivity index (χ0n) is 11.8. The molecule has 1 aliphatic rings. The van der Waals surface area contributed by atoms with Crippen molar-refractivity contribution in [2.24, 2.45) is 5.92 Å². The Morgan fingerprint density at radius 3 is 3.00 bits per heavy atom. The van der Waals surface area contributed by atoms with E-state index in [2.05, 4.69) is 17.3 Å². The number of methoxy groups -OCH3 is 1. The van der Waals surface area contributed by atoms with Crippen LogP contribution >= 0.6 is 0 Å². The van der Waals surface area contributed by atoms with Gasteiger partial charge in [-0.05, 0) is 45.0 Å². The summed E-state index contributed by atoms with van der Waals surface area (Å²) in [7, 11) is 3.71. The second-order valence-electron chi connectivity index (χ2n) is 5.36. The first kappa shape index (κ1) is 14.3. The number of nitrogens with zero attached hydrogens (tertiary/aromatic N) is 1. The average molecular weight is 266 g/mol. The summed E-state index contributed by atoms with van der Waals surface area (Å²) in [5.41, 5.74) is 0.699. The number of piperidine rings is 1. The Hall–Kier alpha value is -1.13. The molecule has 0 amide bonds. The van der Waals surface area contributed by atoms with E-state index in [9.17, 15) is 4.39 Å². The van der Waals surface area contributed by atoms with Crippen molar-refractivity contribution >= 4 is 0 Å². The Bertz CT molecular complexity index is 411. The number of nitrogens with one attached hydrogen (secondary N) is 1. The van der Waals surface area contributed by atoms with E-state index in [1.807, 2.05) is 0 Å². The largest absolute Gasteiger partial charge is 0.497 e. The fraction of sp³-hybridized carbons (Fsp3) is 0.600. The summed E-state index contributed by atoms with van der Waals surface area (Å²) in [5.74, 6) is 1.04. The molecule has 1 aliphatic heterocycles. The molecule has 106 valence electrons. The fourth-order valence-corrected chi connectivity index (χ4v) is 2.65. The third-order valence-electron chi connectivity index (χ3n) is 3.73. The van der Waals surface area contributed by atoms with E-state index in [1.54, 1.807) is 19.2 Å².